The summed E-state index contributed by atoms with van der Waals surface area (Å²) in [5.41, 5.74) is 1.21. The molecule has 156 valence electrons. The van der Waals surface area contributed by atoms with Crippen molar-refractivity contribution in [3.63, 3.8) is 0 Å². The molecule has 0 spiro atoms. The van der Waals surface area contributed by atoms with Gasteiger partial charge in [-0.05, 0) is 60.2 Å². The van der Waals surface area contributed by atoms with Gasteiger partial charge in [0.25, 0.3) is 5.91 Å². The zero-order valence-electron chi connectivity index (χ0n) is 15.8. The number of carbonyl (C=O) groups excluding carboxylic acids is 1. The van der Waals surface area contributed by atoms with Crippen molar-refractivity contribution in [2.45, 2.75) is 6.54 Å². The first-order valence-corrected chi connectivity index (χ1v) is 11.4. The predicted octanol–water partition coefficient (Wildman–Crippen LogP) is 4.95. The van der Waals surface area contributed by atoms with Crippen LogP contribution in [0.2, 0.25) is 0 Å². The van der Waals surface area contributed by atoms with Crippen molar-refractivity contribution < 1.29 is 22.0 Å². The van der Waals surface area contributed by atoms with Crippen LogP contribution in [0, 0.1) is 11.6 Å². The molecule has 0 aliphatic heterocycles. The lowest BCUT2D eigenvalue weighted by molar-refractivity contribution is 0.102. The molecule has 0 radical (unpaired) electrons. The maximum Gasteiger partial charge on any atom is 0.255 e. The molecule has 30 heavy (non-hydrogen) atoms. The van der Waals surface area contributed by atoms with Gasteiger partial charge in [0.2, 0.25) is 10.0 Å². The van der Waals surface area contributed by atoms with Crippen molar-refractivity contribution >= 4 is 43.2 Å². The van der Waals surface area contributed by atoms with E-state index in [1.54, 1.807) is 6.07 Å². The van der Waals surface area contributed by atoms with Gasteiger partial charge in [0.1, 0.15) is 11.6 Å². The highest BCUT2D eigenvalue weighted by atomic mass is 79.9. The molecule has 3 rings (SSSR count). The summed E-state index contributed by atoms with van der Waals surface area (Å²) in [5.74, 6) is -1.54. The number of rotatable bonds is 6. The molecule has 0 unspecified atom stereocenters. The Kier molecular flexibility index (Phi) is 6.52. The lowest BCUT2D eigenvalue weighted by atomic mass is 10.1. The summed E-state index contributed by atoms with van der Waals surface area (Å²) in [7, 11) is -3.63. The summed E-state index contributed by atoms with van der Waals surface area (Å²) in [6.45, 7) is 0.00869. The summed E-state index contributed by atoms with van der Waals surface area (Å²) in [4.78, 5) is 12.4. The summed E-state index contributed by atoms with van der Waals surface area (Å²) >= 11 is 3.15. The fourth-order valence-corrected chi connectivity index (χ4v) is 3.94. The fraction of sp³-hybridized carbons (Fsp3) is 0.0952. The van der Waals surface area contributed by atoms with E-state index >= 15 is 0 Å². The van der Waals surface area contributed by atoms with E-state index in [4.69, 9.17) is 0 Å². The quantitative estimate of drug-likeness (QED) is 0.527. The lowest BCUT2D eigenvalue weighted by Gasteiger charge is -2.22. The van der Waals surface area contributed by atoms with Gasteiger partial charge in [0.15, 0.2) is 0 Å². The number of anilines is 2. The minimum absolute atomic E-state index is 0.00869. The minimum atomic E-state index is -3.63. The van der Waals surface area contributed by atoms with E-state index in [9.17, 15) is 22.0 Å². The molecule has 3 aromatic carbocycles. The Morgan fingerprint density at radius 3 is 2.20 bits per heavy atom. The van der Waals surface area contributed by atoms with E-state index in [-0.39, 0.29) is 17.8 Å². The minimum Gasteiger partial charge on any atom is -0.319 e. The number of amides is 1. The first-order chi connectivity index (χ1) is 14.1. The van der Waals surface area contributed by atoms with Crippen LogP contribution in [0.15, 0.2) is 71.2 Å². The standard InChI is InChI=1S/C21H17BrF2N2O3S/c1-30(28,29)26(13-14-2-7-17(23)8-3-14)18-9-4-15(5-10-18)21(27)25-20-11-6-16(22)12-19(20)24/h2-12H,13H2,1H3,(H,25,27). The Hall–Kier alpha value is -2.78. The van der Waals surface area contributed by atoms with E-state index in [2.05, 4.69) is 21.2 Å². The summed E-state index contributed by atoms with van der Waals surface area (Å²) < 4.78 is 53.2. The first kappa shape index (κ1) is 21.9. The predicted molar refractivity (Wildman–Crippen MR) is 116 cm³/mol. The zero-order valence-corrected chi connectivity index (χ0v) is 18.2. The van der Waals surface area contributed by atoms with E-state index in [0.29, 0.717) is 15.7 Å². The third kappa shape index (κ3) is 5.43. The topological polar surface area (TPSA) is 66.5 Å². The second kappa shape index (κ2) is 8.93. The highest BCUT2D eigenvalue weighted by Gasteiger charge is 2.19. The van der Waals surface area contributed by atoms with Crippen molar-refractivity contribution in [2.75, 3.05) is 15.9 Å². The monoisotopic (exact) mass is 494 g/mol. The van der Waals surface area contributed by atoms with Crippen LogP contribution in [0.1, 0.15) is 15.9 Å². The van der Waals surface area contributed by atoms with Gasteiger partial charge in [-0.25, -0.2) is 17.2 Å². The summed E-state index contributed by atoms with van der Waals surface area (Å²) in [5, 5.41) is 2.48. The molecule has 5 nitrogen and oxygen atoms in total. The van der Waals surface area contributed by atoms with Gasteiger partial charge in [-0.15, -0.1) is 0 Å². The van der Waals surface area contributed by atoms with E-state index in [0.717, 1.165) is 10.6 Å². The average Bonchev–Trinajstić information content (AvgIpc) is 2.69. The van der Waals surface area contributed by atoms with Gasteiger partial charge in [-0.2, -0.15) is 0 Å². The molecule has 0 saturated heterocycles. The van der Waals surface area contributed by atoms with Gasteiger partial charge < -0.3 is 5.32 Å². The number of carbonyl (C=O) groups is 1. The largest absolute Gasteiger partial charge is 0.319 e. The van der Waals surface area contributed by atoms with Gasteiger partial charge in [0.05, 0.1) is 24.2 Å². The molecule has 0 aromatic heterocycles. The van der Waals surface area contributed by atoms with E-state index < -0.39 is 27.6 Å². The summed E-state index contributed by atoms with van der Waals surface area (Å²) in [6, 6.07) is 15.6. The van der Waals surface area contributed by atoms with Crippen LogP contribution >= 0.6 is 15.9 Å². The molecule has 0 saturated carbocycles. The Morgan fingerprint density at radius 1 is 1.00 bits per heavy atom. The second-order valence-electron chi connectivity index (χ2n) is 6.52. The number of sulfonamides is 1. The van der Waals surface area contributed by atoms with Crippen molar-refractivity contribution in [1.29, 1.82) is 0 Å². The maximum atomic E-state index is 13.9. The molecule has 9 heteroatoms. The Bertz CT molecular complexity index is 1170. The van der Waals surface area contributed by atoms with E-state index in [1.165, 1.54) is 60.7 Å². The van der Waals surface area contributed by atoms with Crippen LogP contribution in [0.25, 0.3) is 0 Å². The number of nitrogens with zero attached hydrogens (tertiary/aromatic N) is 1. The number of nitrogens with one attached hydrogen (secondary N) is 1. The molecule has 0 heterocycles. The third-order valence-corrected chi connectivity index (χ3v) is 5.87. The Morgan fingerprint density at radius 2 is 1.63 bits per heavy atom. The van der Waals surface area contributed by atoms with Crippen molar-refractivity contribution in [2.24, 2.45) is 0 Å². The second-order valence-corrected chi connectivity index (χ2v) is 9.34. The van der Waals surface area contributed by atoms with Gasteiger partial charge >= 0.3 is 0 Å². The number of halogens is 3. The normalized spacial score (nSPS) is 11.2. The number of hydrogen-bond donors (Lipinski definition) is 1. The first-order valence-electron chi connectivity index (χ1n) is 8.72. The van der Waals surface area contributed by atoms with Gasteiger partial charge in [0, 0.05) is 10.0 Å². The SMILES string of the molecule is CS(=O)(=O)N(Cc1ccc(F)cc1)c1ccc(C(=O)Nc2ccc(Br)cc2F)cc1. The van der Waals surface area contributed by atoms with E-state index in [1.807, 2.05) is 0 Å². The Balaban J connectivity index is 1.80. The lowest BCUT2D eigenvalue weighted by Crippen LogP contribution is -2.29. The molecule has 1 amide bonds. The van der Waals surface area contributed by atoms with Crippen LogP contribution in [-0.2, 0) is 16.6 Å². The van der Waals surface area contributed by atoms with Crippen LogP contribution in [0.4, 0.5) is 20.2 Å². The number of hydrogen-bond acceptors (Lipinski definition) is 3. The van der Waals surface area contributed by atoms with Crippen LogP contribution < -0.4 is 9.62 Å². The van der Waals surface area contributed by atoms with Crippen LogP contribution in [0.5, 0.6) is 0 Å². The highest BCUT2D eigenvalue weighted by Crippen LogP contribution is 2.23. The highest BCUT2D eigenvalue weighted by molar-refractivity contribution is 9.10. The Labute approximate surface area is 181 Å². The molecule has 0 atom stereocenters. The van der Waals surface area contributed by atoms with Crippen LogP contribution in [-0.4, -0.2) is 20.6 Å². The fourth-order valence-electron chi connectivity index (χ4n) is 2.72. The molecule has 1 N–H and O–H groups in total. The molecule has 0 aliphatic rings. The molecule has 0 aliphatic carbocycles. The van der Waals surface area contributed by atoms with Crippen molar-refractivity contribution in [3.8, 4) is 0 Å². The van der Waals surface area contributed by atoms with Gasteiger partial charge in [-0.1, -0.05) is 28.1 Å². The average molecular weight is 495 g/mol. The summed E-state index contributed by atoms with van der Waals surface area (Å²) in [6.07, 6.45) is 1.06. The maximum absolute atomic E-state index is 13.9. The van der Waals surface area contributed by atoms with Crippen molar-refractivity contribution in [3.05, 3.63) is 94.0 Å². The van der Waals surface area contributed by atoms with Crippen LogP contribution in [0.3, 0.4) is 0 Å². The molecular weight excluding hydrogens is 478 g/mol. The van der Waals surface area contributed by atoms with Crippen molar-refractivity contribution in [1.82, 2.24) is 0 Å². The smallest absolute Gasteiger partial charge is 0.255 e. The molecular formula is C21H17BrF2N2O3S. The molecule has 3 aromatic rings. The third-order valence-electron chi connectivity index (χ3n) is 4.24. The zero-order chi connectivity index (χ0) is 21.9. The molecule has 0 bridgehead atoms. The number of benzene rings is 3. The molecule has 0 fully saturated rings. The van der Waals surface area contributed by atoms with Gasteiger partial charge in [-0.3, -0.25) is 9.10 Å².